The molecule has 1 aromatic heterocycles. The van der Waals surface area contributed by atoms with Crippen molar-refractivity contribution in [3.63, 3.8) is 0 Å². The fourth-order valence-electron chi connectivity index (χ4n) is 3.40. The Labute approximate surface area is 223 Å². The predicted octanol–water partition coefficient (Wildman–Crippen LogP) is 8.25. The number of carbonyl (C=O) groups excluding carboxylic acids is 1. The first-order chi connectivity index (χ1) is 16.4. The maximum absolute atomic E-state index is 12.7. The van der Waals surface area contributed by atoms with Gasteiger partial charge in [-0.15, -0.1) is 0 Å². The highest BCUT2D eigenvalue weighted by Crippen LogP contribution is 2.37. The van der Waals surface area contributed by atoms with E-state index >= 15 is 0 Å². The van der Waals surface area contributed by atoms with Crippen molar-refractivity contribution in [3.8, 4) is 17.2 Å². The van der Waals surface area contributed by atoms with E-state index in [4.69, 9.17) is 9.47 Å². The van der Waals surface area contributed by atoms with E-state index in [1.54, 1.807) is 19.3 Å². The Balaban J connectivity index is 1.48. The van der Waals surface area contributed by atoms with Crippen LogP contribution in [0.25, 0.3) is 11.8 Å². The SMILES string of the molecule is COc1ccc(/C=C/C(=O)c2ccc(-n3cccc3)cc2)cc1COc1c(Br)cc(Br)cc1Br. The summed E-state index contributed by atoms with van der Waals surface area (Å²) in [6.07, 6.45) is 7.32. The van der Waals surface area contributed by atoms with Gasteiger partial charge in [-0.1, -0.05) is 28.1 Å². The number of ether oxygens (including phenoxy) is 2. The molecule has 0 unspecified atom stereocenters. The van der Waals surface area contributed by atoms with Crippen LogP contribution in [0.2, 0.25) is 0 Å². The molecular formula is C27H20Br3NO3. The second-order valence-corrected chi connectivity index (χ2v) is 10.0. The molecule has 0 radical (unpaired) electrons. The first kappa shape index (κ1) is 24.5. The first-order valence-electron chi connectivity index (χ1n) is 10.3. The molecule has 0 aliphatic heterocycles. The average Bonchev–Trinajstić information content (AvgIpc) is 3.37. The molecule has 0 aliphatic carbocycles. The molecule has 0 aliphatic rings. The van der Waals surface area contributed by atoms with E-state index in [0.717, 1.165) is 30.2 Å². The fourth-order valence-corrected chi connectivity index (χ4v) is 5.89. The van der Waals surface area contributed by atoms with Gasteiger partial charge in [-0.2, -0.15) is 0 Å². The summed E-state index contributed by atoms with van der Waals surface area (Å²) in [5.41, 5.74) is 3.39. The van der Waals surface area contributed by atoms with Gasteiger partial charge in [-0.25, -0.2) is 0 Å². The zero-order chi connectivity index (χ0) is 24.1. The van der Waals surface area contributed by atoms with Crippen LogP contribution in [0.4, 0.5) is 0 Å². The van der Waals surface area contributed by atoms with Gasteiger partial charge >= 0.3 is 0 Å². The van der Waals surface area contributed by atoms with Gasteiger partial charge in [-0.05, 0) is 104 Å². The van der Waals surface area contributed by atoms with Crippen molar-refractivity contribution in [2.24, 2.45) is 0 Å². The normalized spacial score (nSPS) is 11.1. The van der Waals surface area contributed by atoms with Crippen molar-refractivity contribution < 1.29 is 14.3 Å². The van der Waals surface area contributed by atoms with Crippen LogP contribution in [-0.2, 0) is 6.61 Å². The molecule has 0 amide bonds. The third-order valence-electron chi connectivity index (χ3n) is 5.12. The van der Waals surface area contributed by atoms with Crippen molar-refractivity contribution in [1.29, 1.82) is 0 Å². The second kappa shape index (κ2) is 11.2. The van der Waals surface area contributed by atoms with E-state index in [-0.39, 0.29) is 5.78 Å². The molecule has 0 bridgehead atoms. The summed E-state index contributed by atoms with van der Waals surface area (Å²) in [7, 11) is 1.63. The Bertz CT molecular complexity index is 1310. The van der Waals surface area contributed by atoms with Gasteiger partial charge in [0.15, 0.2) is 5.78 Å². The van der Waals surface area contributed by atoms with E-state index in [2.05, 4.69) is 47.8 Å². The zero-order valence-electron chi connectivity index (χ0n) is 18.2. The molecule has 0 spiro atoms. The Morgan fingerprint density at radius 1 is 0.941 bits per heavy atom. The van der Waals surface area contributed by atoms with Crippen molar-refractivity contribution in [3.05, 3.63) is 115 Å². The molecule has 0 N–H and O–H groups in total. The van der Waals surface area contributed by atoms with Crippen molar-refractivity contribution in [2.45, 2.75) is 6.61 Å². The summed E-state index contributed by atoms with van der Waals surface area (Å²) in [4.78, 5) is 12.7. The number of benzene rings is 3. The number of aromatic nitrogens is 1. The summed E-state index contributed by atoms with van der Waals surface area (Å²) in [5, 5.41) is 0. The van der Waals surface area contributed by atoms with Gasteiger partial charge in [0.1, 0.15) is 18.1 Å². The second-order valence-electron chi connectivity index (χ2n) is 7.39. The molecule has 172 valence electrons. The topological polar surface area (TPSA) is 40.5 Å². The van der Waals surface area contributed by atoms with Crippen LogP contribution in [0.1, 0.15) is 21.5 Å². The van der Waals surface area contributed by atoms with Crippen molar-refractivity contribution >= 4 is 59.6 Å². The van der Waals surface area contributed by atoms with Gasteiger partial charge < -0.3 is 14.0 Å². The first-order valence-corrected chi connectivity index (χ1v) is 12.7. The lowest BCUT2D eigenvalue weighted by molar-refractivity contribution is 0.104. The predicted molar refractivity (Wildman–Crippen MR) is 146 cm³/mol. The van der Waals surface area contributed by atoms with Gasteiger partial charge in [-0.3, -0.25) is 4.79 Å². The van der Waals surface area contributed by atoms with Gasteiger partial charge in [0, 0.05) is 33.7 Å². The Kier molecular flexibility index (Phi) is 8.08. The number of ketones is 1. The van der Waals surface area contributed by atoms with E-state index in [9.17, 15) is 4.79 Å². The Morgan fingerprint density at radius 2 is 1.62 bits per heavy atom. The number of methoxy groups -OCH3 is 1. The number of hydrogen-bond acceptors (Lipinski definition) is 3. The third-order valence-corrected chi connectivity index (χ3v) is 6.76. The molecule has 0 saturated heterocycles. The number of nitrogens with zero attached hydrogens (tertiary/aromatic N) is 1. The van der Waals surface area contributed by atoms with Crippen LogP contribution in [0.15, 0.2) is 98.6 Å². The standard InChI is InChI=1S/C27H20Br3NO3/c1-33-26-11-5-18(14-20(26)17-34-27-23(29)15-21(28)16-24(27)30)4-10-25(32)19-6-8-22(9-7-19)31-12-2-3-13-31/h2-16H,17H2,1H3/b10-4+. The highest BCUT2D eigenvalue weighted by molar-refractivity contribution is 9.11. The van der Waals surface area contributed by atoms with Crippen LogP contribution >= 0.6 is 47.8 Å². The zero-order valence-corrected chi connectivity index (χ0v) is 22.9. The molecule has 3 aromatic carbocycles. The lowest BCUT2D eigenvalue weighted by atomic mass is 10.1. The smallest absolute Gasteiger partial charge is 0.185 e. The minimum Gasteiger partial charge on any atom is -0.496 e. The minimum absolute atomic E-state index is 0.0598. The largest absolute Gasteiger partial charge is 0.496 e. The molecule has 4 rings (SSSR count). The molecule has 7 heteroatoms. The number of carbonyl (C=O) groups is 1. The van der Waals surface area contributed by atoms with Crippen LogP contribution in [-0.4, -0.2) is 17.5 Å². The number of allylic oxidation sites excluding steroid dienone is 1. The molecule has 4 aromatic rings. The monoisotopic (exact) mass is 643 g/mol. The maximum atomic E-state index is 12.7. The summed E-state index contributed by atoms with van der Waals surface area (Å²) < 4.78 is 16.2. The summed E-state index contributed by atoms with van der Waals surface area (Å²) in [6.45, 7) is 0.304. The molecular weight excluding hydrogens is 626 g/mol. The third kappa shape index (κ3) is 5.90. The average molecular weight is 646 g/mol. The van der Waals surface area contributed by atoms with Crippen LogP contribution < -0.4 is 9.47 Å². The fraction of sp³-hybridized carbons (Fsp3) is 0.0741. The lowest BCUT2D eigenvalue weighted by Gasteiger charge is -2.14. The number of rotatable bonds is 8. The van der Waals surface area contributed by atoms with E-state index in [0.29, 0.717) is 23.7 Å². The van der Waals surface area contributed by atoms with Crippen molar-refractivity contribution in [1.82, 2.24) is 4.57 Å². The van der Waals surface area contributed by atoms with Crippen LogP contribution in [0.3, 0.4) is 0 Å². The van der Waals surface area contributed by atoms with Gasteiger partial charge in [0.25, 0.3) is 0 Å². The molecule has 34 heavy (non-hydrogen) atoms. The van der Waals surface area contributed by atoms with Crippen molar-refractivity contribution in [2.75, 3.05) is 7.11 Å². The summed E-state index contributed by atoms with van der Waals surface area (Å²) in [6, 6.07) is 21.1. The van der Waals surface area contributed by atoms with Gasteiger partial charge in [0.05, 0.1) is 16.1 Å². The highest BCUT2D eigenvalue weighted by atomic mass is 79.9. The summed E-state index contributed by atoms with van der Waals surface area (Å²) in [5.74, 6) is 1.36. The molecule has 4 nitrogen and oxygen atoms in total. The summed E-state index contributed by atoms with van der Waals surface area (Å²) >= 11 is 10.5. The Hall–Kier alpha value is -2.61. The quantitative estimate of drug-likeness (QED) is 0.143. The number of hydrogen-bond donors (Lipinski definition) is 0. The van der Waals surface area contributed by atoms with Crippen LogP contribution in [0, 0.1) is 0 Å². The minimum atomic E-state index is -0.0598. The molecule has 0 fully saturated rings. The maximum Gasteiger partial charge on any atom is 0.185 e. The van der Waals surface area contributed by atoms with E-state index in [1.165, 1.54) is 0 Å². The van der Waals surface area contributed by atoms with Gasteiger partial charge in [0.2, 0.25) is 0 Å². The van der Waals surface area contributed by atoms with Crippen LogP contribution in [0.5, 0.6) is 11.5 Å². The van der Waals surface area contributed by atoms with E-state index in [1.807, 2.05) is 83.7 Å². The number of halogens is 3. The molecule has 0 atom stereocenters. The van der Waals surface area contributed by atoms with E-state index < -0.39 is 0 Å². The molecule has 0 saturated carbocycles. The molecule has 1 heterocycles. The lowest BCUT2D eigenvalue weighted by Crippen LogP contribution is -2.00. The highest BCUT2D eigenvalue weighted by Gasteiger charge is 2.11. The Morgan fingerprint density at radius 3 is 2.26 bits per heavy atom.